The summed E-state index contributed by atoms with van der Waals surface area (Å²) in [5, 5.41) is 10.7. The maximum absolute atomic E-state index is 13.1. The zero-order valence-electron chi connectivity index (χ0n) is 21.9. The molecule has 1 saturated heterocycles. The van der Waals surface area contributed by atoms with Crippen molar-refractivity contribution in [1.82, 2.24) is 9.80 Å². The highest BCUT2D eigenvalue weighted by Crippen LogP contribution is 2.39. The Balaban J connectivity index is 1.28. The van der Waals surface area contributed by atoms with Gasteiger partial charge in [0.05, 0.1) is 22.0 Å². The average Bonchev–Trinajstić information content (AvgIpc) is 3.23. The Morgan fingerprint density at radius 1 is 1.12 bits per heavy atom. The second kappa shape index (κ2) is 12.0. The summed E-state index contributed by atoms with van der Waals surface area (Å²) in [5.74, 6) is -0.363. The molecule has 2 aliphatic heterocycles. The van der Waals surface area contributed by atoms with E-state index in [4.69, 9.17) is 21.1 Å². The van der Waals surface area contributed by atoms with Crippen molar-refractivity contribution in [3.8, 4) is 11.5 Å². The molecule has 2 aliphatic rings. The first kappa shape index (κ1) is 28.2. The van der Waals surface area contributed by atoms with Gasteiger partial charge in [-0.05, 0) is 58.6 Å². The molecular formula is C29H24ClN3O7S. The van der Waals surface area contributed by atoms with Gasteiger partial charge in [0.25, 0.3) is 16.8 Å². The third kappa shape index (κ3) is 6.21. The third-order valence-corrected chi connectivity index (χ3v) is 7.89. The van der Waals surface area contributed by atoms with Crippen LogP contribution in [0.1, 0.15) is 22.3 Å². The van der Waals surface area contributed by atoms with E-state index in [2.05, 4.69) is 0 Å². The molecule has 0 bridgehead atoms. The number of fused-ring (bicyclic) bond motifs is 1. The number of amides is 3. The van der Waals surface area contributed by atoms with Crippen LogP contribution in [0.25, 0.3) is 6.08 Å². The summed E-state index contributed by atoms with van der Waals surface area (Å²) in [7, 11) is 1.42. The molecule has 0 aliphatic carbocycles. The zero-order chi connectivity index (χ0) is 29.1. The van der Waals surface area contributed by atoms with E-state index in [1.54, 1.807) is 29.2 Å². The summed E-state index contributed by atoms with van der Waals surface area (Å²) in [5.41, 5.74) is 3.25. The predicted molar refractivity (Wildman–Crippen MR) is 154 cm³/mol. The number of rotatable bonds is 8. The number of ether oxygens (including phenoxy) is 2. The van der Waals surface area contributed by atoms with E-state index in [0.29, 0.717) is 24.2 Å². The summed E-state index contributed by atoms with van der Waals surface area (Å²) < 4.78 is 11.2. The molecule has 5 rings (SSSR count). The molecule has 3 aromatic carbocycles. The van der Waals surface area contributed by atoms with Crippen LogP contribution < -0.4 is 9.47 Å². The first-order valence-corrected chi connectivity index (χ1v) is 13.8. The molecular weight excluding hydrogens is 570 g/mol. The van der Waals surface area contributed by atoms with Gasteiger partial charge in [-0.1, -0.05) is 48.0 Å². The minimum absolute atomic E-state index is 0.00657. The summed E-state index contributed by atoms with van der Waals surface area (Å²) in [6.45, 7) is 0.635. The van der Waals surface area contributed by atoms with E-state index in [9.17, 15) is 24.5 Å². The third-order valence-electron chi connectivity index (χ3n) is 6.70. The largest absolute Gasteiger partial charge is 0.493 e. The molecule has 3 amide bonds. The number of benzene rings is 3. The molecule has 10 nitrogen and oxygen atoms in total. The molecule has 0 radical (unpaired) electrons. The Bertz CT molecular complexity index is 1590. The lowest BCUT2D eigenvalue weighted by atomic mass is 10.00. The van der Waals surface area contributed by atoms with E-state index in [0.717, 1.165) is 28.6 Å². The highest BCUT2D eigenvalue weighted by atomic mass is 35.5. The standard InChI is InChI=1S/C29H24ClN3O7S/c1-39-24-13-19(12-23(30)27(24)40-17-18-5-4-8-22(11-18)33(37)38)14-25-28(35)32(29(36)41-25)16-26(34)31-10-9-20-6-2-3-7-21(20)15-31/h2-8,11-14H,9-10,15-17H2,1H3/b25-14-. The Morgan fingerprint density at radius 2 is 1.90 bits per heavy atom. The molecule has 210 valence electrons. The van der Waals surface area contributed by atoms with Crippen LogP contribution >= 0.6 is 23.4 Å². The lowest BCUT2D eigenvalue weighted by Crippen LogP contribution is -2.44. The van der Waals surface area contributed by atoms with Crippen molar-refractivity contribution in [2.75, 3.05) is 20.2 Å². The number of thioether (sulfide) groups is 1. The highest BCUT2D eigenvalue weighted by molar-refractivity contribution is 8.18. The van der Waals surface area contributed by atoms with Crippen molar-refractivity contribution in [2.24, 2.45) is 0 Å². The van der Waals surface area contributed by atoms with Crippen molar-refractivity contribution in [3.05, 3.63) is 103 Å². The lowest BCUT2D eigenvalue weighted by Gasteiger charge is -2.29. The molecule has 3 aromatic rings. The van der Waals surface area contributed by atoms with Crippen LogP contribution in [0.5, 0.6) is 11.5 Å². The van der Waals surface area contributed by atoms with Crippen molar-refractivity contribution >= 4 is 52.2 Å². The van der Waals surface area contributed by atoms with E-state index in [-0.39, 0.29) is 46.2 Å². The number of halogens is 1. The quantitative estimate of drug-likeness (QED) is 0.192. The van der Waals surface area contributed by atoms with Gasteiger partial charge in [-0.2, -0.15) is 0 Å². The fraction of sp³-hybridized carbons (Fsp3) is 0.207. The Kier molecular flexibility index (Phi) is 8.27. The SMILES string of the molecule is COc1cc(/C=C2\SC(=O)N(CC(=O)N3CCc4ccccc4C3)C2=O)cc(Cl)c1OCc1cccc([N+](=O)[O-])c1. The summed E-state index contributed by atoms with van der Waals surface area (Å²) >= 11 is 7.22. The Labute approximate surface area is 244 Å². The van der Waals surface area contributed by atoms with Crippen LogP contribution in [0, 0.1) is 10.1 Å². The van der Waals surface area contributed by atoms with Gasteiger partial charge in [0.2, 0.25) is 5.91 Å². The summed E-state index contributed by atoms with van der Waals surface area (Å²) in [4.78, 5) is 52.0. The monoisotopic (exact) mass is 593 g/mol. The molecule has 0 unspecified atom stereocenters. The van der Waals surface area contributed by atoms with Gasteiger partial charge in [0, 0.05) is 25.2 Å². The number of nitrogens with zero attached hydrogens (tertiary/aromatic N) is 3. The molecule has 41 heavy (non-hydrogen) atoms. The van der Waals surface area contributed by atoms with Gasteiger partial charge in [-0.3, -0.25) is 29.4 Å². The summed E-state index contributed by atoms with van der Waals surface area (Å²) in [6.07, 6.45) is 2.22. The molecule has 1 fully saturated rings. The second-order valence-electron chi connectivity index (χ2n) is 9.35. The van der Waals surface area contributed by atoms with Crippen LogP contribution in [0.4, 0.5) is 10.5 Å². The van der Waals surface area contributed by atoms with Gasteiger partial charge < -0.3 is 14.4 Å². The number of carbonyl (C=O) groups excluding carboxylic acids is 3. The molecule has 0 atom stereocenters. The fourth-order valence-corrected chi connectivity index (χ4v) is 5.72. The van der Waals surface area contributed by atoms with Gasteiger partial charge >= 0.3 is 0 Å². The van der Waals surface area contributed by atoms with Crippen LogP contribution in [0.15, 0.2) is 65.6 Å². The smallest absolute Gasteiger partial charge is 0.294 e. The first-order chi connectivity index (χ1) is 19.7. The van der Waals surface area contributed by atoms with Gasteiger partial charge in [0.1, 0.15) is 13.2 Å². The lowest BCUT2D eigenvalue weighted by molar-refractivity contribution is -0.384. The van der Waals surface area contributed by atoms with E-state index in [1.165, 1.54) is 30.9 Å². The number of nitro groups is 1. The van der Waals surface area contributed by atoms with Crippen LogP contribution in [0.2, 0.25) is 5.02 Å². The van der Waals surface area contributed by atoms with Crippen LogP contribution in [0.3, 0.4) is 0 Å². The highest BCUT2D eigenvalue weighted by Gasteiger charge is 2.37. The topological polar surface area (TPSA) is 119 Å². The molecule has 2 heterocycles. The first-order valence-electron chi connectivity index (χ1n) is 12.6. The van der Waals surface area contributed by atoms with Crippen LogP contribution in [-0.4, -0.2) is 52.0 Å². The van der Waals surface area contributed by atoms with E-state index >= 15 is 0 Å². The Morgan fingerprint density at radius 3 is 2.66 bits per heavy atom. The van der Waals surface area contributed by atoms with Gasteiger partial charge in [-0.15, -0.1) is 0 Å². The van der Waals surface area contributed by atoms with Crippen molar-refractivity contribution in [3.63, 3.8) is 0 Å². The average molecular weight is 594 g/mol. The van der Waals surface area contributed by atoms with E-state index < -0.39 is 16.1 Å². The van der Waals surface area contributed by atoms with Crippen LogP contribution in [-0.2, 0) is 29.2 Å². The molecule has 0 spiro atoms. The predicted octanol–water partition coefficient (Wildman–Crippen LogP) is 5.46. The number of hydrogen-bond donors (Lipinski definition) is 0. The Hall–Kier alpha value is -4.35. The van der Waals surface area contributed by atoms with Crippen molar-refractivity contribution < 1.29 is 28.8 Å². The molecule has 0 N–H and O–H groups in total. The van der Waals surface area contributed by atoms with E-state index in [1.807, 2.05) is 24.3 Å². The zero-order valence-corrected chi connectivity index (χ0v) is 23.4. The minimum Gasteiger partial charge on any atom is -0.493 e. The summed E-state index contributed by atoms with van der Waals surface area (Å²) in [6, 6.07) is 17.1. The van der Waals surface area contributed by atoms with Gasteiger partial charge in [-0.25, -0.2) is 0 Å². The minimum atomic E-state index is -0.563. The van der Waals surface area contributed by atoms with Crippen molar-refractivity contribution in [2.45, 2.75) is 19.6 Å². The molecule has 0 saturated carbocycles. The maximum Gasteiger partial charge on any atom is 0.294 e. The number of carbonyl (C=O) groups is 3. The maximum atomic E-state index is 13.1. The number of non-ortho nitro benzene ring substituents is 1. The number of hydrogen-bond acceptors (Lipinski definition) is 8. The molecule has 12 heteroatoms. The fourth-order valence-electron chi connectivity index (χ4n) is 4.61. The molecule has 0 aromatic heterocycles. The van der Waals surface area contributed by atoms with Crippen molar-refractivity contribution in [1.29, 1.82) is 0 Å². The normalized spacial score (nSPS) is 15.7. The number of nitro benzene ring substituents is 1. The number of methoxy groups -OCH3 is 1. The van der Waals surface area contributed by atoms with Gasteiger partial charge in [0.15, 0.2) is 11.5 Å². The number of imide groups is 1. The second-order valence-corrected chi connectivity index (χ2v) is 10.8.